The summed E-state index contributed by atoms with van der Waals surface area (Å²) < 4.78 is 25.0. The summed E-state index contributed by atoms with van der Waals surface area (Å²) in [5, 5.41) is 8.50. The third kappa shape index (κ3) is 4.75. The van der Waals surface area contributed by atoms with Crippen molar-refractivity contribution in [3.63, 3.8) is 0 Å². The molecule has 0 spiro atoms. The Morgan fingerprint density at radius 2 is 1.86 bits per heavy atom. The third-order valence-electron chi connectivity index (χ3n) is 4.11. The molecule has 3 aromatic rings. The van der Waals surface area contributed by atoms with Crippen LogP contribution in [0.25, 0.3) is 11.0 Å². The van der Waals surface area contributed by atoms with Gasteiger partial charge in [-0.05, 0) is 49.4 Å². The van der Waals surface area contributed by atoms with E-state index in [2.05, 4.69) is 10.3 Å². The van der Waals surface area contributed by atoms with Gasteiger partial charge in [0.1, 0.15) is 0 Å². The molecule has 5 N–H and O–H groups in total. The highest BCUT2D eigenvalue weighted by molar-refractivity contribution is 7.99. The maximum absolute atomic E-state index is 12.2. The van der Waals surface area contributed by atoms with Gasteiger partial charge in [-0.25, -0.2) is 18.5 Å². The monoisotopic (exact) mass is 433 g/mol. The van der Waals surface area contributed by atoms with Crippen LogP contribution >= 0.6 is 11.8 Å². The molecule has 0 unspecified atom stereocenters. The summed E-state index contributed by atoms with van der Waals surface area (Å²) in [6.45, 7) is 2.53. The number of fused-ring (bicyclic) bond motifs is 1. The van der Waals surface area contributed by atoms with Crippen molar-refractivity contribution in [1.29, 1.82) is 0 Å². The predicted molar refractivity (Wildman–Crippen MR) is 111 cm³/mol. The van der Waals surface area contributed by atoms with Crippen LogP contribution in [-0.2, 0) is 21.4 Å². The van der Waals surface area contributed by atoms with Gasteiger partial charge in [-0.3, -0.25) is 9.59 Å². The predicted octanol–water partition coefficient (Wildman–Crippen LogP) is 1.53. The maximum Gasteiger partial charge on any atom is 0.248 e. The number of rotatable bonds is 7. The number of aryl methyl sites for hydroxylation is 1. The van der Waals surface area contributed by atoms with Gasteiger partial charge >= 0.3 is 0 Å². The lowest BCUT2D eigenvalue weighted by atomic mass is 10.2. The van der Waals surface area contributed by atoms with Crippen molar-refractivity contribution in [3.05, 3.63) is 48.0 Å². The standard InChI is InChI=1S/C18H19N5O4S2/c1-2-23-15-8-7-13(29(20,26)27)9-14(15)22-18(23)28-10-16(24)21-12-5-3-11(4-6-12)17(19)25/h3-9H,2,10H2,1H3,(H2,19,25)(H,21,24)(H2,20,26,27). The number of sulfonamides is 1. The van der Waals surface area contributed by atoms with E-state index in [1.165, 1.54) is 36.0 Å². The minimum atomic E-state index is -3.82. The van der Waals surface area contributed by atoms with E-state index in [0.29, 0.717) is 28.5 Å². The van der Waals surface area contributed by atoms with Crippen molar-refractivity contribution in [1.82, 2.24) is 9.55 Å². The minimum Gasteiger partial charge on any atom is -0.366 e. The molecular formula is C18H19N5O4S2. The zero-order chi connectivity index (χ0) is 21.2. The van der Waals surface area contributed by atoms with Crippen LogP contribution < -0.4 is 16.2 Å². The van der Waals surface area contributed by atoms with Crippen molar-refractivity contribution >= 4 is 50.3 Å². The fourth-order valence-corrected chi connectivity index (χ4v) is 4.14. The summed E-state index contributed by atoms with van der Waals surface area (Å²) in [6.07, 6.45) is 0. The Hall–Kier alpha value is -2.89. The number of carbonyl (C=O) groups is 2. The number of primary amides is 1. The van der Waals surface area contributed by atoms with E-state index in [-0.39, 0.29) is 16.6 Å². The molecule has 3 rings (SSSR count). The largest absolute Gasteiger partial charge is 0.366 e. The van der Waals surface area contributed by atoms with Crippen LogP contribution in [0.5, 0.6) is 0 Å². The molecule has 0 aliphatic heterocycles. The lowest BCUT2D eigenvalue weighted by molar-refractivity contribution is -0.113. The average molecular weight is 434 g/mol. The van der Waals surface area contributed by atoms with Gasteiger partial charge in [-0.15, -0.1) is 0 Å². The van der Waals surface area contributed by atoms with E-state index in [4.69, 9.17) is 10.9 Å². The highest BCUT2D eigenvalue weighted by Crippen LogP contribution is 2.26. The molecule has 29 heavy (non-hydrogen) atoms. The smallest absolute Gasteiger partial charge is 0.248 e. The Bertz CT molecular complexity index is 1190. The first kappa shape index (κ1) is 20.8. The molecule has 0 saturated carbocycles. The number of carbonyl (C=O) groups excluding carboxylic acids is 2. The Kier molecular flexibility index (Phi) is 5.91. The van der Waals surface area contributed by atoms with Crippen LogP contribution in [0.15, 0.2) is 52.5 Å². The number of hydrogen-bond acceptors (Lipinski definition) is 6. The van der Waals surface area contributed by atoms with Gasteiger partial charge < -0.3 is 15.6 Å². The van der Waals surface area contributed by atoms with E-state index in [9.17, 15) is 18.0 Å². The molecule has 9 nitrogen and oxygen atoms in total. The van der Waals surface area contributed by atoms with Crippen LogP contribution in [0.2, 0.25) is 0 Å². The lowest BCUT2D eigenvalue weighted by Gasteiger charge is -2.07. The van der Waals surface area contributed by atoms with Crippen molar-refractivity contribution in [2.45, 2.75) is 23.5 Å². The Morgan fingerprint density at radius 1 is 1.17 bits per heavy atom. The molecule has 2 aromatic carbocycles. The van der Waals surface area contributed by atoms with Gasteiger partial charge in [0.25, 0.3) is 0 Å². The number of thioether (sulfide) groups is 1. The Morgan fingerprint density at radius 3 is 2.45 bits per heavy atom. The molecule has 2 amide bonds. The topological polar surface area (TPSA) is 150 Å². The number of nitrogens with two attached hydrogens (primary N) is 2. The van der Waals surface area contributed by atoms with Crippen LogP contribution in [-0.4, -0.2) is 35.5 Å². The molecule has 11 heteroatoms. The van der Waals surface area contributed by atoms with Crippen molar-refractivity contribution in [3.8, 4) is 0 Å². The second kappa shape index (κ2) is 8.23. The SMILES string of the molecule is CCn1c(SCC(=O)Nc2ccc(C(N)=O)cc2)nc2cc(S(N)(=O)=O)ccc21. The minimum absolute atomic E-state index is 0.0144. The second-order valence-corrected chi connectivity index (χ2v) is 8.62. The van der Waals surface area contributed by atoms with Crippen molar-refractivity contribution in [2.75, 3.05) is 11.1 Å². The Balaban J connectivity index is 1.73. The highest BCUT2D eigenvalue weighted by atomic mass is 32.2. The Labute approximate surface area is 171 Å². The first-order valence-corrected chi connectivity index (χ1v) is 11.1. The van der Waals surface area contributed by atoms with Crippen molar-refractivity contribution in [2.24, 2.45) is 10.9 Å². The number of imidazole rings is 1. The summed E-state index contributed by atoms with van der Waals surface area (Å²) in [5.41, 5.74) is 7.33. The van der Waals surface area contributed by atoms with Crippen molar-refractivity contribution < 1.29 is 18.0 Å². The molecule has 1 heterocycles. The number of nitrogens with one attached hydrogen (secondary N) is 1. The summed E-state index contributed by atoms with van der Waals surface area (Å²) in [4.78, 5) is 27.8. The molecule has 152 valence electrons. The van der Waals surface area contributed by atoms with E-state index in [1.807, 2.05) is 11.5 Å². The van der Waals surface area contributed by atoms with Crippen LogP contribution in [0.1, 0.15) is 17.3 Å². The number of hydrogen-bond donors (Lipinski definition) is 3. The van der Waals surface area contributed by atoms with E-state index in [1.54, 1.807) is 18.2 Å². The van der Waals surface area contributed by atoms with Gasteiger partial charge in [0.05, 0.1) is 21.7 Å². The number of amides is 2. The molecule has 0 bridgehead atoms. The zero-order valence-electron chi connectivity index (χ0n) is 15.5. The van der Waals surface area contributed by atoms with Gasteiger partial charge in [0.2, 0.25) is 21.8 Å². The number of aromatic nitrogens is 2. The fraction of sp³-hybridized carbons (Fsp3) is 0.167. The first-order chi connectivity index (χ1) is 13.7. The molecule has 0 radical (unpaired) electrons. The maximum atomic E-state index is 12.2. The average Bonchev–Trinajstić information content (AvgIpc) is 3.02. The van der Waals surface area contributed by atoms with Gasteiger partial charge in [0, 0.05) is 17.8 Å². The molecule has 0 atom stereocenters. The van der Waals surface area contributed by atoms with E-state index in [0.717, 1.165) is 5.52 Å². The van der Waals surface area contributed by atoms with Crippen LogP contribution in [0.3, 0.4) is 0 Å². The van der Waals surface area contributed by atoms with E-state index < -0.39 is 15.9 Å². The van der Waals surface area contributed by atoms with E-state index >= 15 is 0 Å². The number of benzene rings is 2. The van der Waals surface area contributed by atoms with Crippen LogP contribution in [0.4, 0.5) is 5.69 Å². The zero-order valence-corrected chi connectivity index (χ0v) is 17.1. The number of anilines is 1. The molecule has 0 saturated heterocycles. The fourth-order valence-electron chi connectivity index (χ4n) is 2.73. The summed E-state index contributed by atoms with van der Waals surface area (Å²) in [5.74, 6) is -0.688. The third-order valence-corrected chi connectivity index (χ3v) is 6.00. The lowest BCUT2D eigenvalue weighted by Crippen LogP contribution is -2.15. The number of nitrogens with zero attached hydrogens (tertiary/aromatic N) is 2. The quantitative estimate of drug-likeness (QED) is 0.481. The highest BCUT2D eigenvalue weighted by Gasteiger charge is 2.15. The summed E-state index contributed by atoms with van der Waals surface area (Å²) in [7, 11) is -3.82. The van der Waals surface area contributed by atoms with Gasteiger partial charge in [0.15, 0.2) is 5.16 Å². The first-order valence-electron chi connectivity index (χ1n) is 8.54. The second-order valence-electron chi connectivity index (χ2n) is 6.11. The molecular weight excluding hydrogens is 414 g/mol. The number of primary sulfonamides is 1. The molecule has 0 fully saturated rings. The molecule has 0 aliphatic carbocycles. The summed E-state index contributed by atoms with van der Waals surface area (Å²) >= 11 is 1.23. The van der Waals surface area contributed by atoms with Gasteiger partial charge in [-0.2, -0.15) is 0 Å². The van der Waals surface area contributed by atoms with Crippen LogP contribution in [0, 0.1) is 0 Å². The summed E-state index contributed by atoms with van der Waals surface area (Å²) in [6, 6.07) is 10.8. The van der Waals surface area contributed by atoms with Gasteiger partial charge in [-0.1, -0.05) is 11.8 Å². The molecule has 1 aromatic heterocycles. The molecule has 0 aliphatic rings. The normalized spacial score (nSPS) is 11.5.